The van der Waals surface area contributed by atoms with Gasteiger partial charge in [-0.15, -0.1) is 0 Å². The molecule has 0 radical (unpaired) electrons. The molecule has 0 amide bonds. The zero-order chi connectivity index (χ0) is 29.6. The summed E-state index contributed by atoms with van der Waals surface area (Å²) in [4.78, 5) is 0. The maximum Gasteiger partial charge on any atom is 0.127 e. The topological polar surface area (TPSA) is 40.5 Å². The van der Waals surface area contributed by atoms with Crippen molar-refractivity contribution in [3.63, 3.8) is 0 Å². The first-order valence-electron chi connectivity index (χ1n) is 17.0. The van der Waals surface area contributed by atoms with Crippen molar-refractivity contribution in [3.05, 3.63) is 45.5 Å². The molecular weight excluding hydrogens is 500 g/mol. The molecule has 6 rings (SSSR count). The van der Waals surface area contributed by atoms with Crippen LogP contribution in [0.25, 0.3) is 11.1 Å². The maximum absolute atomic E-state index is 12.1. The highest BCUT2D eigenvalue weighted by Gasteiger charge is 2.51. The molecule has 4 aliphatic rings. The predicted molar refractivity (Wildman–Crippen MR) is 172 cm³/mol. The fraction of sp³-hybridized carbons (Fsp3) is 0.692. The lowest BCUT2D eigenvalue weighted by Gasteiger charge is -2.55. The molecule has 224 valence electrons. The van der Waals surface area contributed by atoms with E-state index >= 15 is 0 Å². The van der Waals surface area contributed by atoms with Gasteiger partial charge in [0.1, 0.15) is 11.5 Å². The molecule has 2 aromatic carbocycles. The first-order chi connectivity index (χ1) is 19.2. The van der Waals surface area contributed by atoms with E-state index in [0.717, 1.165) is 35.1 Å². The van der Waals surface area contributed by atoms with Gasteiger partial charge in [-0.3, -0.25) is 0 Å². The van der Waals surface area contributed by atoms with Gasteiger partial charge in [-0.1, -0.05) is 75.2 Å². The van der Waals surface area contributed by atoms with Crippen LogP contribution in [0.3, 0.4) is 0 Å². The predicted octanol–water partition coefficient (Wildman–Crippen LogP) is 10.9. The number of benzene rings is 2. The number of hydrogen-bond acceptors (Lipinski definition) is 2. The van der Waals surface area contributed by atoms with Gasteiger partial charge in [0.25, 0.3) is 0 Å². The number of rotatable bonds is 3. The van der Waals surface area contributed by atoms with Crippen LogP contribution in [-0.2, 0) is 18.3 Å². The molecule has 2 saturated carbocycles. The Morgan fingerprint density at radius 3 is 1.93 bits per heavy atom. The van der Waals surface area contributed by atoms with Gasteiger partial charge in [0.15, 0.2) is 0 Å². The third-order valence-corrected chi connectivity index (χ3v) is 12.8. The van der Waals surface area contributed by atoms with E-state index in [2.05, 4.69) is 74.4 Å². The van der Waals surface area contributed by atoms with Crippen molar-refractivity contribution in [2.75, 3.05) is 0 Å². The minimum atomic E-state index is 0.102. The average molecular weight is 557 g/mol. The molecule has 2 fully saturated rings. The average Bonchev–Trinajstić information content (AvgIpc) is 2.86. The molecular formula is C39H56O2. The smallest absolute Gasteiger partial charge is 0.127 e. The van der Waals surface area contributed by atoms with Crippen LogP contribution in [0.2, 0.25) is 0 Å². The Morgan fingerprint density at radius 2 is 1.27 bits per heavy atom. The monoisotopic (exact) mass is 556 g/mol. The van der Waals surface area contributed by atoms with Crippen LogP contribution in [0.1, 0.15) is 165 Å². The van der Waals surface area contributed by atoms with Crippen LogP contribution in [-0.4, -0.2) is 10.2 Å². The van der Waals surface area contributed by atoms with E-state index in [0.29, 0.717) is 40.1 Å². The molecule has 0 unspecified atom stereocenters. The van der Waals surface area contributed by atoms with E-state index in [1.807, 2.05) is 0 Å². The SMILES string of the molecule is CC(C)c1c(O)c(-c2cc3c(c(C(C)C)c2O)CC[C@H]2C(C)(C)CCC[C@]32C)cc2c1CC[C@@H]1[C@@H]2CCCC1(C)C. The van der Waals surface area contributed by atoms with Crippen LogP contribution in [0.4, 0.5) is 0 Å². The highest BCUT2D eigenvalue weighted by atomic mass is 16.3. The highest BCUT2D eigenvalue weighted by Crippen LogP contribution is 2.61. The maximum atomic E-state index is 12.1. The first kappa shape index (κ1) is 29.1. The highest BCUT2D eigenvalue weighted by molar-refractivity contribution is 5.82. The molecule has 2 N–H and O–H groups in total. The Morgan fingerprint density at radius 1 is 0.683 bits per heavy atom. The molecule has 2 heteroatoms. The van der Waals surface area contributed by atoms with E-state index in [9.17, 15) is 10.2 Å². The lowest BCUT2D eigenvalue weighted by atomic mass is 9.50. The van der Waals surface area contributed by atoms with Crippen LogP contribution in [0.5, 0.6) is 11.5 Å². The van der Waals surface area contributed by atoms with Gasteiger partial charge < -0.3 is 10.2 Å². The van der Waals surface area contributed by atoms with Gasteiger partial charge >= 0.3 is 0 Å². The van der Waals surface area contributed by atoms with Crippen LogP contribution in [0.15, 0.2) is 12.1 Å². The van der Waals surface area contributed by atoms with Crippen molar-refractivity contribution in [2.45, 2.75) is 150 Å². The second-order valence-electron chi connectivity index (χ2n) is 16.8. The van der Waals surface area contributed by atoms with Gasteiger partial charge in [0.2, 0.25) is 0 Å². The van der Waals surface area contributed by atoms with E-state index in [4.69, 9.17) is 0 Å². The van der Waals surface area contributed by atoms with E-state index in [1.165, 1.54) is 73.6 Å². The number of hydrogen-bond donors (Lipinski definition) is 2. The molecule has 2 aromatic rings. The van der Waals surface area contributed by atoms with Crippen molar-refractivity contribution >= 4 is 0 Å². The molecule has 0 aliphatic heterocycles. The van der Waals surface area contributed by atoms with Crippen molar-refractivity contribution in [1.29, 1.82) is 0 Å². The summed E-state index contributed by atoms with van der Waals surface area (Å²) in [5.74, 6) is 3.17. The number of phenols is 2. The Labute approximate surface area is 250 Å². The fourth-order valence-electron chi connectivity index (χ4n) is 10.9. The fourth-order valence-corrected chi connectivity index (χ4v) is 10.9. The quantitative estimate of drug-likeness (QED) is 0.395. The molecule has 0 bridgehead atoms. The van der Waals surface area contributed by atoms with Crippen LogP contribution >= 0.6 is 0 Å². The Bertz CT molecular complexity index is 1360. The van der Waals surface area contributed by atoms with Crippen molar-refractivity contribution < 1.29 is 10.2 Å². The van der Waals surface area contributed by atoms with Gasteiger partial charge in [0, 0.05) is 22.3 Å². The molecule has 4 aliphatic carbocycles. The summed E-state index contributed by atoms with van der Waals surface area (Å²) in [6.07, 6.45) is 12.1. The molecule has 0 heterocycles. The Kier molecular flexibility index (Phi) is 6.95. The van der Waals surface area contributed by atoms with Crippen molar-refractivity contribution in [1.82, 2.24) is 0 Å². The molecule has 2 nitrogen and oxygen atoms in total. The van der Waals surface area contributed by atoms with Crippen LogP contribution in [0, 0.1) is 22.7 Å². The standard InChI is InChI=1S/C39H56O2/c1-22(2)33-25-13-15-30-24(12-10-17-37(30,5)6)27(25)20-28(35(33)40)29-21-31-26(34(23(3)4)36(29)41)14-16-32-38(7,8)18-11-19-39(31,32)9/h20-24,30,32,40-41H,10-19H2,1-9H3/t24-,30-,32+,39-/m1/s1. The second kappa shape index (κ2) is 9.78. The van der Waals surface area contributed by atoms with Gasteiger partial charge in [-0.05, 0) is 132 Å². The summed E-state index contributed by atoms with van der Waals surface area (Å²) in [7, 11) is 0. The summed E-state index contributed by atoms with van der Waals surface area (Å²) < 4.78 is 0. The Balaban J connectivity index is 1.61. The van der Waals surface area contributed by atoms with Gasteiger partial charge in [0.05, 0.1) is 0 Å². The third-order valence-electron chi connectivity index (χ3n) is 12.8. The lowest BCUT2D eigenvalue weighted by Crippen LogP contribution is -2.48. The van der Waals surface area contributed by atoms with E-state index in [1.54, 1.807) is 0 Å². The molecule has 0 spiro atoms. The van der Waals surface area contributed by atoms with Crippen molar-refractivity contribution in [3.8, 4) is 22.6 Å². The molecule has 0 aromatic heterocycles. The molecule has 41 heavy (non-hydrogen) atoms. The Hall–Kier alpha value is -1.96. The van der Waals surface area contributed by atoms with Crippen LogP contribution < -0.4 is 0 Å². The minimum Gasteiger partial charge on any atom is -0.507 e. The van der Waals surface area contributed by atoms with Crippen molar-refractivity contribution in [2.24, 2.45) is 22.7 Å². The molecule has 0 saturated heterocycles. The summed E-state index contributed by atoms with van der Waals surface area (Å²) in [5, 5.41) is 24.2. The van der Waals surface area contributed by atoms with E-state index < -0.39 is 0 Å². The zero-order valence-electron chi connectivity index (χ0n) is 27.5. The summed E-state index contributed by atoms with van der Waals surface area (Å²) >= 11 is 0. The number of aromatic hydroxyl groups is 2. The summed E-state index contributed by atoms with van der Waals surface area (Å²) in [6, 6.07) is 4.69. The first-order valence-corrected chi connectivity index (χ1v) is 17.0. The molecule has 4 atom stereocenters. The van der Waals surface area contributed by atoms with Gasteiger partial charge in [-0.25, -0.2) is 0 Å². The largest absolute Gasteiger partial charge is 0.507 e. The van der Waals surface area contributed by atoms with E-state index in [-0.39, 0.29) is 17.3 Å². The second-order valence-corrected chi connectivity index (χ2v) is 16.8. The number of phenolic OH excluding ortho intramolecular Hbond substituents is 2. The minimum absolute atomic E-state index is 0.102. The van der Waals surface area contributed by atoms with Gasteiger partial charge in [-0.2, -0.15) is 0 Å². The summed E-state index contributed by atoms with van der Waals surface area (Å²) in [6.45, 7) is 21.4. The normalized spacial score (nSPS) is 30.0. The zero-order valence-corrected chi connectivity index (χ0v) is 27.5. The summed E-state index contributed by atoms with van der Waals surface area (Å²) in [5.41, 5.74) is 10.5. The number of fused-ring (bicyclic) bond motifs is 6. The third kappa shape index (κ3) is 4.31. The lowest BCUT2D eigenvalue weighted by molar-refractivity contribution is 0.0405.